The average molecular weight is 325 g/mol. The lowest BCUT2D eigenvalue weighted by molar-refractivity contribution is 0.315. The van der Waals surface area contributed by atoms with E-state index in [1.807, 2.05) is 12.1 Å². The molecule has 0 unspecified atom stereocenters. The molecule has 21 heavy (non-hydrogen) atoms. The molecular weight excluding hydrogens is 296 g/mol. The third kappa shape index (κ3) is 6.28. The van der Waals surface area contributed by atoms with Gasteiger partial charge < -0.3 is 8.61 Å². The molecule has 0 saturated carbocycles. The molecule has 0 N–H and O–H groups in total. The summed E-state index contributed by atoms with van der Waals surface area (Å²) in [5, 5.41) is 0. The maximum absolute atomic E-state index is 5.88. The van der Waals surface area contributed by atoms with Crippen molar-refractivity contribution in [3.8, 4) is 5.75 Å². The van der Waals surface area contributed by atoms with Gasteiger partial charge in [0.25, 0.3) is 0 Å². The molecule has 0 spiro atoms. The van der Waals surface area contributed by atoms with E-state index in [-0.39, 0.29) is 5.41 Å². The lowest BCUT2D eigenvalue weighted by atomic mass is 9.82. The number of hydrogen-bond donors (Lipinski definition) is 0. The van der Waals surface area contributed by atoms with Crippen molar-refractivity contribution in [1.29, 1.82) is 0 Å². The Morgan fingerprint density at radius 1 is 1.19 bits per heavy atom. The Balaban J connectivity index is 3.02. The van der Waals surface area contributed by atoms with Crippen molar-refractivity contribution >= 4 is 26.0 Å². The second-order valence-corrected chi connectivity index (χ2v) is 10.1. The summed E-state index contributed by atoms with van der Waals surface area (Å²) in [6, 6.07) is 8.19. The van der Waals surface area contributed by atoms with E-state index in [0.29, 0.717) is 5.92 Å². The van der Waals surface area contributed by atoms with Crippen molar-refractivity contribution in [2.75, 3.05) is 7.11 Å². The summed E-state index contributed by atoms with van der Waals surface area (Å²) in [4.78, 5) is 1.20. The maximum atomic E-state index is 5.88. The van der Waals surface area contributed by atoms with Crippen molar-refractivity contribution in [1.82, 2.24) is 0 Å². The van der Waals surface area contributed by atoms with Crippen LogP contribution in [0, 0.1) is 11.3 Å². The Hall–Kier alpha value is -0.713. The molecule has 4 heteroatoms. The van der Waals surface area contributed by atoms with Crippen molar-refractivity contribution in [2.24, 2.45) is 11.3 Å². The first-order valence-corrected chi connectivity index (χ1v) is 11.0. The predicted octanol–water partition coefficient (Wildman–Crippen LogP) is 5.37. The van der Waals surface area contributed by atoms with E-state index in [4.69, 9.17) is 8.61 Å². The van der Waals surface area contributed by atoms with E-state index in [2.05, 4.69) is 59.0 Å². The van der Waals surface area contributed by atoms with Gasteiger partial charge in [-0.3, -0.25) is 0 Å². The molecule has 0 aliphatic carbocycles. The first-order chi connectivity index (χ1) is 9.74. The zero-order chi connectivity index (χ0) is 16.0. The first-order valence-electron chi connectivity index (χ1n) is 7.43. The van der Waals surface area contributed by atoms with Crippen LogP contribution in [0.4, 0.5) is 0 Å². The van der Waals surface area contributed by atoms with Crippen molar-refractivity contribution in [3.63, 3.8) is 0 Å². The summed E-state index contributed by atoms with van der Waals surface area (Å²) in [5.74, 6) is 1.35. The Labute approximate surface area is 135 Å². The number of benzene rings is 1. The molecule has 0 radical (unpaired) electrons. The van der Waals surface area contributed by atoms with E-state index in [1.165, 1.54) is 22.5 Å². The van der Waals surface area contributed by atoms with Crippen LogP contribution in [0.25, 0.3) is 4.91 Å². The molecule has 1 rings (SSSR count). The minimum Gasteiger partial charge on any atom is -0.497 e. The molecule has 1 aromatic carbocycles. The van der Waals surface area contributed by atoms with E-state index < -0.39 is 9.04 Å². The Morgan fingerprint density at radius 3 is 2.19 bits per heavy atom. The molecule has 1 atom stereocenters. The highest BCUT2D eigenvalue weighted by molar-refractivity contribution is 8.04. The zero-order valence-corrected chi connectivity index (χ0v) is 16.2. The molecule has 0 aliphatic rings. The first kappa shape index (κ1) is 18.3. The van der Waals surface area contributed by atoms with Crippen LogP contribution in [0.1, 0.15) is 33.3 Å². The van der Waals surface area contributed by atoms with Crippen molar-refractivity contribution in [3.05, 3.63) is 35.9 Å². The standard InChI is InChI=1S/C17H28O2SSi/c1-13(17(2,3)4)12-16(20-19-21(6)7)14-8-10-15(18-5)11-9-14/h8-13,21H,1-7H3/t13-/m1/s1. The van der Waals surface area contributed by atoms with Crippen molar-refractivity contribution in [2.45, 2.75) is 40.8 Å². The lowest BCUT2D eigenvalue weighted by Crippen LogP contribution is -2.15. The van der Waals surface area contributed by atoms with Gasteiger partial charge >= 0.3 is 0 Å². The smallest absolute Gasteiger partial charge is 0.190 e. The number of methoxy groups -OCH3 is 1. The molecule has 118 valence electrons. The van der Waals surface area contributed by atoms with Gasteiger partial charge in [0, 0.05) is 16.9 Å². The highest BCUT2D eigenvalue weighted by Gasteiger charge is 2.19. The van der Waals surface area contributed by atoms with Gasteiger partial charge in [0.2, 0.25) is 0 Å². The van der Waals surface area contributed by atoms with Gasteiger partial charge in [0.05, 0.1) is 7.11 Å². The summed E-state index contributed by atoms with van der Waals surface area (Å²) in [5.41, 5.74) is 1.43. The summed E-state index contributed by atoms with van der Waals surface area (Å²) >= 11 is 1.52. The summed E-state index contributed by atoms with van der Waals surface area (Å²) in [6.07, 6.45) is 2.32. The van der Waals surface area contributed by atoms with Gasteiger partial charge in [-0.2, -0.15) is 0 Å². The molecular formula is C17H28O2SSi. The molecule has 0 saturated heterocycles. The molecule has 0 aromatic heterocycles. The largest absolute Gasteiger partial charge is 0.497 e. The van der Waals surface area contributed by atoms with Crippen LogP contribution in [0.15, 0.2) is 30.3 Å². The zero-order valence-electron chi connectivity index (χ0n) is 14.3. The molecule has 0 aliphatic heterocycles. The monoisotopic (exact) mass is 324 g/mol. The van der Waals surface area contributed by atoms with Crippen LogP contribution >= 0.6 is 12.0 Å². The predicted molar refractivity (Wildman–Crippen MR) is 97.1 cm³/mol. The van der Waals surface area contributed by atoms with E-state index in [1.54, 1.807) is 7.11 Å². The average Bonchev–Trinajstić information content (AvgIpc) is 2.42. The van der Waals surface area contributed by atoms with Gasteiger partial charge in [-0.1, -0.05) is 45.9 Å². The third-order valence-corrected chi connectivity index (χ3v) is 5.95. The highest BCUT2D eigenvalue weighted by atomic mass is 32.2. The number of rotatable bonds is 6. The Kier molecular flexibility index (Phi) is 7.04. The fraction of sp³-hybridized carbons (Fsp3) is 0.529. The Morgan fingerprint density at radius 2 is 1.76 bits per heavy atom. The molecule has 1 aromatic rings. The third-order valence-electron chi connectivity index (χ3n) is 3.47. The molecule has 2 nitrogen and oxygen atoms in total. The quantitative estimate of drug-likeness (QED) is 0.518. The van der Waals surface area contributed by atoms with E-state index >= 15 is 0 Å². The van der Waals surface area contributed by atoms with E-state index in [9.17, 15) is 0 Å². The van der Waals surface area contributed by atoms with Gasteiger partial charge in [-0.25, -0.2) is 0 Å². The second kappa shape index (κ2) is 8.06. The molecule has 0 amide bonds. The summed E-state index contributed by atoms with van der Waals surface area (Å²) < 4.78 is 11.1. The number of ether oxygens (including phenoxy) is 1. The number of allylic oxidation sites excluding steroid dienone is 1. The SMILES string of the molecule is COc1ccc(C(=C[C@@H](C)C(C)(C)C)SO[SiH](C)C)cc1. The second-order valence-electron chi connectivity index (χ2n) is 6.64. The molecule has 0 bridgehead atoms. The number of hydrogen-bond acceptors (Lipinski definition) is 3. The van der Waals surface area contributed by atoms with Crippen LogP contribution in [-0.2, 0) is 3.87 Å². The van der Waals surface area contributed by atoms with Crippen molar-refractivity contribution < 1.29 is 8.61 Å². The maximum Gasteiger partial charge on any atom is 0.190 e. The summed E-state index contributed by atoms with van der Waals surface area (Å²) in [6.45, 7) is 13.4. The van der Waals surface area contributed by atoms with Crippen LogP contribution in [0.2, 0.25) is 13.1 Å². The van der Waals surface area contributed by atoms with Gasteiger partial charge in [0.1, 0.15) is 5.75 Å². The highest BCUT2D eigenvalue weighted by Crippen LogP contribution is 2.35. The van der Waals surface area contributed by atoms with Gasteiger partial charge in [-0.05, 0) is 42.1 Å². The topological polar surface area (TPSA) is 18.5 Å². The minimum atomic E-state index is -1.06. The lowest BCUT2D eigenvalue weighted by Gasteiger charge is -2.25. The fourth-order valence-corrected chi connectivity index (χ4v) is 3.23. The van der Waals surface area contributed by atoms with Crippen LogP contribution in [0.3, 0.4) is 0 Å². The molecule has 0 heterocycles. The normalized spacial score (nSPS) is 14.4. The Bertz CT molecular complexity index is 461. The van der Waals surface area contributed by atoms with Crippen LogP contribution in [-0.4, -0.2) is 16.2 Å². The van der Waals surface area contributed by atoms with Gasteiger partial charge in [0.15, 0.2) is 9.04 Å². The fourth-order valence-electron chi connectivity index (χ4n) is 1.55. The molecule has 0 fully saturated rings. The van der Waals surface area contributed by atoms with E-state index in [0.717, 1.165) is 5.75 Å². The van der Waals surface area contributed by atoms with Crippen LogP contribution in [0.5, 0.6) is 5.75 Å². The van der Waals surface area contributed by atoms with Gasteiger partial charge in [-0.15, -0.1) is 0 Å². The van der Waals surface area contributed by atoms with Crippen LogP contribution < -0.4 is 4.74 Å². The summed E-state index contributed by atoms with van der Waals surface area (Å²) in [7, 11) is 0.634. The minimum absolute atomic E-state index is 0.244.